The van der Waals surface area contributed by atoms with Gasteiger partial charge in [0.05, 0.1) is 13.7 Å². The lowest BCUT2D eigenvalue weighted by atomic mass is 9.65. The van der Waals surface area contributed by atoms with Crippen LogP contribution in [0.3, 0.4) is 0 Å². The maximum absolute atomic E-state index is 9.88. The van der Waals surface area contributed by atoms with Crippen molar-refractivity contribution in [1.29, 1.82) is 0 Å². The molecule has 0 amide bonds. The Balaban J connectivity index is 2.16. The monoisotopic (exact) mass is 319 g/mol. The summed E-state index contributed by atoms with van der Waals surface area (Å²) in [6, 6.07) is 5.40. The maximum Gasteiger partial charge on any atom is 0.194 e. The molecule has 0 unspecified atom stereocenters. The summed E-state index contributed by atoms with van der Waals surface area (Å²) in [5.74, 6) is 1.55. The Morgan fingerprint density at radius 1 is 1.35 bits per heavy atom. The van der Waals surface area contributed by atoms with Crippen molar-refractivity contribution in [3.05, 3.63) is 23.8 Å². The van der Waals surface area contributed by atoms with Gasteiger partial charge < -0.3 is 20.1 Å². The summed E-state index contributed by atoms with van der Waals surface area (Å²) in [6.07, 6.45) is 0. The third-order valence-corrected chi connectivity index (χ3v) is 5.13. The van der Waals surface area contributed by atoms with E-state index in [0.717, 1.165) is 24.6 Å². The number of phenols is 1. The first kappa shape index (κ1) is 17.4. The standard InChI is InChI=1S/C18H29N3O2/c1-7-19-16(21-12-17(2,3)18(21,4)5)20-11-13-8-9-15(23-6)14(22)10-13/h8-10,22H,7,11-12H2,1-6H3,(H,19,20). The molecule has 1 aromatic carbocycles. The molecule has 0 aromatic heterocycles. The molecular weight excluding hydrogens is 290 g/mol. The molecule has 1 aromatic rings. The second-order valence-corrected chi connectivity index (χ2v) is 7.21. The molecule has 0 saturated carbocycles. The van der Waals surface area contributed by atoms with E-state index in [1.54, 1.807) is 19.2 Å². The van der Waals surface area contributed by atoms with Gasteiger partial charge >= 0.3 is 0 Å². The van der Waals surface area contributed by atoms with E-state index in [9.17, 15) is 5.11 Å². The Bertz CT molecular complexity index is 594. The molecule has 1 heterocycles. The van der Waals surface area contributed by atoms with E-state index in [4.69, 9.17) is 9.73 Å². The number of rotatable bonds is 4. The van der Waals surface area contributed by atoms with E-state index in [2.05, 4.69) is 44.8 Å². The lowest BCUT2D eigenvalue weighted by molar-refractivity contribution is -0.0667. The second-order valence-electron chi connectivity index (χ2n) is 7.21. The summed E-state index contributed by atoms with van der Waals surface area (Å²) in [6.45, 7) is 13.5. The van der Waals surface area contributed by atoms with Crippen molar-refractivity contribution in [3.63, 3.8) is 0 Å². The molecule has 2 N–H and O–H groups in total. The number of nitrogens with one attached hydrogen (secondary N) is 1. The molecule has 1 saturated heterocycles. The number of benzene rings is 1. The zero-order chi connectivity index (χ0) is 17.3. The number of methoxy groups -OCH3 is 1. The highest BCUT2D eigenvalue weighted by molar-refractivity contribution is 5.82. The van der Waals surface area contributed by atoms with Crippen LogP contribution >= 0.6 is 0 Å². The predicted octanol–water partition coefficient (Wildman–Crippen LogP) is 2.99. The van der Waals surface area contributed by atoms with Gasteiger partial charge in [0.25, 0.3) is 0 Å². The van der Waals surface area contributed by atoms with E-state index in [-0.39, 0.29) is 16.7 Å². The Kier molecular flexibility index (Phi) is 4.78. The van der Waals surface area contributed by atoms with Gasteiger partial charge in [-0.15, -0.1) is 0 Å². The fourth-order valence-electron chi connectivity index (χ4n) is 2.80. The van der Waals surface area contributed by atoms with E-state index in [1.807, 2.05) is 6.07 Å². The molecule has 1 aliphatic heterocycles. The van der Waals surface area contributed by atoms with Crippen LogP contribution in [-0.2, 0) is 6.54 Å². The summed E-state index contributed by atoms with van der Waals surface area (Å²) in [4.78, 5) is 7.06. The highest BCUT2D eigenvalue weighted by Gasteiger charge is 2.53. The summed E-state index contributed by atoms with van der Waals surface area (Å²) in [7, 11) is 1.55. The molecule has 23 heavy (non-hydrogen) atoms. The molecule has 2 rings (SSSR count). The molecule has 5 heteroatoms. The third kappa shape index (κ3) is 3.23. The van der Waals surface area contributed by atoms with Gasteiger partial charge in [-0.05, 0) is 38.5 Å². The topological polar surface area (TPSA) is 57.1 Å². The van der Waals surface area contributed by atoms with E-state index in [0.29, 0.717) is 12.3 Å². The van der Waals surface area contributed by atoms with Gasteiger partial charge in [-0.1, -0.05) is 19.9 Å². The Morgan fingerprint density at radius 3 is 2.52 bits per heavy atom. The van der Waals surface area contributed by atoms with Gasteiger partial charge in [0.1, 0.15) is 0 Å². The largest absolute Gasteiger partial charge is 0.504 e. The Morgan fingerprint density at radius 2 is 2.04 bits per heavy atom. The highest BCUT2D eigenvalue weighted by Crippen LogP contribution is 2.46. The molecule has 0 aliphatic carbocycles. The van der Waals surface area contributed by atoms with Crippen LogP contribution in [-0.4, -0.2) is 41.7 Å². The van der Waals surface area contributed by atoms with Crippen molar-refractivity contribution in [2.24, 2.45) is 10.4 Å². The molecule has 0 bridgehead atoms. The Hall–Kier alpha value is -1.91. The van der Waals surface area contributed by atoms with E-state index in [1.165, 1.54) is 0 Å². The number of aromatic hydroxyl groups is 1. The molecule has 1 fully saturated rings. The van der Waals surface area contributed by atoms with E-state index >= 15 is 0 Å². The van der Waals surface area contributed by atoms with Crippen LogP contribution in [0, 0.1) is 5.41 Å². The number of aliphatic imine (C=N–C) groups is 1. The smallest absolute Gasteiger partial charge is 0.194 e. The van der Waals surface area contributed by atoms with Gasteiger partial charge in [-0.2, -0.15) is 0 Å². The van der Waals surface area contributed by atoms with Crippen molar-refractivity contribution in [2.75, 3.05) is 20.2 Å². The average Bonchev–Trinajstić information content (AvgIpc) is 2.49. The van der Waals surface area contributed by atoms with Gasteiger partial charge in [0.2, 0.25) is 0 Å². The number of guanidine groups is 1. The maximum atomic E-state index is 9.88. The van der Waals surface area contributed by atoms with Crippen LogP contribution in [0.2, 0.25) is 0 Å². The lowest BCUT2D eigenvalue weighted by Gasteiger charge is -2.62. The van der Waals surface area contributed by atoms with Gasteiger partial charge in [0, 0.05) is 24.0 Å². The van der Waals surface area contributed by atoms with Gasteiger partial charge in [0.15, 0.2) is 17.5 Å². The zero-order valence-corrected chi connectivity index (χ0v) is 15.1. The number of ether oxygens (including phenoxy) is 1. The number of likely N-dealkylation sites (tertiary alicyclic amines) is 1. The predicted molar refractivity (Wildman–Crippen MR) is 94.0 cm³/mol. The van der Waals surface area contributed by atoms with Crippen LogP contribution in [0.25, 0.3) is 0 Å². The van der Waals surface area contributed by atoms with Crippen molar-refractivity contribution in [1.82, 2.24) is 10.2 Å². The molecule has 5 nitrogen and oxygen atoms in total. The van der Waals surface area contributed by atoms with Crippen LogP contribution in [0.5, 0.6) is 11.5 Å². The summed E-state index contributed by atoms with van der Waals surface area (Å²) < 4.78 is 5.07. The zero-order valence-electron chi connectivity index (χ0n) is 15.1. The molecule has 0 radical (unpaired) electrons. The molecule has 0 spiro atoms. The van der Waals surface area contributed by atoms with Gasteiger partial charge in [-0.25, -0.2) is 4.99 Å². The minimum atomic E-state index is 0.0655. The van der Waals surface area contributed by atoms with Gasteiger partial charge in [-0.3, -0.25) is 0 Å². The average molecular weight is 319 g/mol. The van der Waals surface area contributed by atoms with Crippen LogP contribution < -0.4 is 10.1 Å². The first-order valence-electron chi connectivity index (χ1n) is 8.15. The SMILES string of the molecule is CCNC(=NCc1ccc(OC)c(O)c1)N1CC(C)(C)C1(C)C. The van der Waals surface area contributed by atoms with Crippen molar-refractivity contribution >= 4 is 5.96 Å². The molecule has 0 atom stereocenters. The second kappa shape index (κ2) is 6.30. The van der Waals surface area contributed by atoms with Crippen LogP contribution in [0.15, 0.2) is 23.2 Å². The van der Waals surface area contributed by atoms with Crippen molar-refractivity contribution in [3.8, 4) is 11.5 Å². The lowest BCUT2D eigenvalue weighted by Crippen LogP contribution is -2.72. The normalized spacial score (nSPS) is 19.2. The number of phenolic OH excluding ortho intramolecular Hbond substituents is 1. The summed E-state index contributed by atoms with van der Waals surface area (Å²) >= 11 is 0. The minimum Gasteiger partial charge on any atom is -0.504 e. The summed E-state index contributed by atoms with van der Waals surface area (Å²) in [5.41, 5.74) is 1.29. The Labute approximate surface area is 139 Å². The first-order valence-corrected chi connectivity index (χ1v) is 8.15. The molecular formula is C18H29N3O2. The quantitative estimate of drug-likeness (QED) is 0.662. The number of hydrogen-bond acceptors (Lipinski definition) is 3. The van der Waals surface area contributed by atoms with Crippen LogP contribution in [0.1, 0.15) is 40.2 Å². The molecule has 128 valence electrons. The third-order valence-electron chi connectivity index (χ3n) is 5.13. The van der Waals surface area contributed by atoms with E-state index < -0.39 is 0 Å². The minimum absolute atomic E-state index is 0.0655. The first-order chi connectivity index (χ1) is 10.7. The fraction of sp³-hybridized carbons (Fsp3) is 0.611. The highest BCUT2D eigenvalue weighted by atomic mass is 16.5. The van der Waals surface area contributed by atoms with Crippen molar-refractivity contribution < 1.29 is 9.84 Å². The van der Waals surface area contributed by atoms with Crippen molar-refractivity contribution in [2.45, 2.75) is 46.7 Å². The fourth-order valence-corrected chi connectivity index (χ4v) is 2.80. The number of nitrogens with zero attached hydrogens (tertiary/aromatic N) is 2. The molecule has 1 aliphatic rings. The number of hydrogen-bond donors (Lipinski definition) is 2. The van der Waals surface area contributed by atoms with Crippen LogP contribution in [0.4, 0.5) is 0 Å². The summed E-state index contributed by atoms with van der Waals surface area (Å²) in [5, 5.41) is 13.3.